The summed E-state index contributed by atoms with van der Waals surface area (Å²) >= 11 is 0. The molecule has 202 valence electrons. The molecule has 1 aliphatic rings. The topological polar surface area (TPSA) is 121 Å². The summed E-state index contributed by atoms with van der Waals surface area (Å²) in [5.41, 5.74) is 0.355. The molecule has 0 saturated carbocycles. The summed E-state index contributed by atoms with van der Waals surface area (Å²) in [7, 11) is -4.41. The van der Waals surface area contributed by atoms with Crippen molar-refractivity contribution in [3.05, 3.63) is 70.6 Å². The minimum absolute atomic E-state index is 0.104. The summed E-state index contributed by atoms with van der Waals surface area (Å²) in [5, 5.41) is 0. The molecule has 1 saturated heterocycles. The number of anilines is 1. The Hall–Kier alpha value is -3.66. The summed E-state index contributed by atoms with van der Waals surface area (Å²) in [4.78, 5) is 34.2. The van der Waals surface area contributed by atoms with Crippen LogP contribution in [-0.2, 0) is 10.0 Å². The number of rotatable bonds is 8. The Labute approximate surface area is 223 Å². The Morgan fingerprint density at radius 1 is 1.18 bits per heavy atom. The predicted molar refractivity (Wildman–Crippen MR) is 147 cm³/mol. The summed E-state index contributed by atoms with van der Waals surface area (Å²) in [6.07, 6.45) is 2.20. The third kappa shape index (κ3) is 5.75. The van der Waals surface area contributed by atoms with Gasteiger partial charge in [-0.15, -0.1) is 0 Å². The fourth-order valence-electron chi connectivity index (χ4n) is 4.85. The molecule has 10 heteroatoms. The number of carbonyl (C=O) groups excluding carboxylic acids is 1. The maximum absolute atomic E-state index is 13.4. The molecule has 1 aromatic carbocycles. The highest BCUT2D eigenvalue weighted by molar-refractivity contribution is 7.90. The fraction of sp³-hybridized carbons (Fsp3) is 0.393. The summed E-state index contributed by atoms with van der Waals surface area (Å²) in [6, 6.07) is 13.4. The van der Waals surface area contributed by atoms with Crippen LogP contribution in [0.1, 0.15) is 51.4 Å². The van der Waals surface area contributed by atoms with E-state index < -0.39 is 26.4 Å². The number of aromatic amines is 1. The van der Waals surface area contributed by atoms with Crippen LogP contribution in [0.25, 0.3) is 11.3 Å². The number of hydrogen-bond acceptors (Lipinski definition) is 7. The van der Waals surface area contributed by atoms with Gasteiger partial charge in [-0.05, 0) is 68.5 Å². The van der Waals surface area contributed by atoms with E-state index in [1.165, 1.54) is 12.3 Å². The Morgan fingerprint density at radius 2 is 1.92 bits per heavy atom. The van der Waals surface area contributed by atoms with Crippen LogP contribution in [0.4, 0.5) is 5.82 Å². The molecule has 0 unspecified atom stereocenters. The molecule has 2 N–H and O–H groups in total. The number of H-pyrrole nitrogens is 1. The van der Waals surface area contributed by atoms with Crippen LogP contribution in [0.3, 0.4) is 0 Å². The van der Waals surface area contributed by atoms with Crippen molar-refractivity contribution < 1.29 is 17.9 Å². The Kier molecular flexibility index (Phi) is 7.64. The largest absolute Gasteiger partial charge is 0.493 e. The van der Waals surface area contributed by atoms with Gasteiger partial charge in [-0.2, -0.15) is 0 Å². The second-order valence-electron chi connectivity index (χ2n) is 10.8. The zero-order chi connectivity index (χ0) is 27.7. The lowest BCUT2D eigenvalue weighted by molar-refractivity contribution is 0.0981. The van der Waals surface area contributed by atoms with Crippen molar-refractivity contribution in [2.45, 2.75) is 51.5 Å². The predicted octanol–water partition coefficient (Wildman–Crippen LogP) is 4.22. The van der Waals surface area contributed by atoms with Crippen LogP contribution in [0.5, 0.6) is 5.75 Å². The Balaban J connectivity index is 1.79. The standard InChI is InChI=1S/C28H34N4O5S/c1-18(2)17-37-23-10-7-6-9-20(23)22-13-12-21(25(30-22)32-16-19(3)15-28(32,4)5)26(33)31-38(35,36)24-11-8-14-29-27(24)34/h6-14,18-19H,15-17H2,1-5H3,(H,29,34)(H,31,33)/t19-/m0/s1. The van der Waals surface area contributed by atoms with Gasteiger partial charge in [0.1, 0.15) is 11.6 Å². The van der Waals surface area contributed by atoms with E-state index in [9.17, 15) is 18.0 Å². The van der Waals surface area contributed by atoms with Gasteiger partial charge < -0.3 is 14.6 Å². The van der Waals surface area contributed by atoms with Crippen LogP contribution in [0, 0.1) is 11.8 Å². The Bertz CT molecular complexity index is 1500. The van der Waals surface area contributed by atoms with Gasteiger partial charge in [-0.1, -0.05) is 32.9 Å². The van der Waals surface area contributed by atoms with Crippen LogP contribution in [0.2, 0.25) is 0 Å². The van der Waals surface area contributed by atoms with Gasteiger partial charge in [0.05, 0.1) is 17.9 Å². The number of nitrogens with one attached hydrogen (secondary N) is 2. The second kappa shape index (κ2) is 10.6. The van der Waals surface area contributed by atoms with E-state index in [2.05, 4.69) is 49.2 Å². The van der Waals surface area contributed by atoms with E-state index >= 15 is 0 Å². The molecule has 2 aromatic heterocycles. The number of benzene rings is 1. The third-order valence-corrected chi connectivity index (χ3v) is 7.84. The van der Waals surface area contributed by atoms with Gasteiger partial charge in [0.2, 0.25) is 0 Å². The summed E-state index contributed by atoms with van der Waals surface area (Å²) < 4.78 is 33.9. The molecule has 4 rings (SSSR count). The van der Waals surface area contributed by atoms with Crippen LogP contribution < -0.4 is 19.9 Å². The number of pyridine rings is 2. The molecule has 1 fully saturated rings. The molecule has 0 bridgehead atoms. The molecule has 0 aliphatic carbocycles. The van der Waals surface area contributed by atoms with Crippen LogP contribution in [-0.4, -0.2) is 43.0 Å². The molecule has 0 radical (unpaired) electrons. The highest BCUT2D eigenvalue weighted by Crippen LogP contribution is 2.39. The molecular formula is C28H34N4O5S. The maximum atomic E-state index is 13.4. The number of nitrogens with zero attached hydrogens (tertiary/aromatic N) is 2. The molecule has 3 aromatic rings. The number of sulfonamides is 1. The van der Waals surface area contributed by atoms with Gasteiger partial charge in [0, 0.05) is 23.8 Å². The zero-order valence-corrected chi connectivity index (χ0v) is 23.1. The van der Waals surface area contributed by atoms with Gasteiger partial charge >= 0.3 is 0 Å². The van der Waals surface area contributed by atoms with Crippen molar-refractivity contribution >= 4 is 21.7 Å². The van der Waals surface area contributed by atoms with Gasteiger partial charge in [0.25, 0.3) is 21.5 Å². The van der Waals surface area contributed by atoms with Crippen molar-refractivity contribution in [3.8, 4) is 17.0 Å². The van der Waals surface area contributed by atoms with E-state index in [1.54, 1.807) is 12.1 Å². The number of carbonyl (C=O) groups is 1. The molecule has 3 heterocycles. The minimum atomic E-state index is -4.41. The maximum Gasteiger partial charge on any atom is 0.269 e. The first kappa shape index (κ1) is 27.4. The summed E-state index contributed by atoms with van der Waals surface area (Å²) in [5.74, 6) is 0.881. The average molecular weight is 539 g/mol. The second-order valence-corrected chi connectivity index (χ2v) is 12.4. The minimum Gasteiger partial charge on any atom is -0.493 e. The van der Waals surface area contributed by atoms with Crippen molar-refractivity contribution in [1.82, 2.24) is 14.7 Å². The number of aromatic nitrogens is 2. The van der Waals surface area contributed by atoms with E-state index in [0.29, 0.717) is 42.2 Å². The number of amides is 1. The van der Waals surface area contributed by atoms with Crippen molar-refractivity contribution in [1.29, 1.82) is 0 Å². The first-order chi connectivity index (χ1) is 17.9. The highest BCUT2D eigenvalue weighted by Gasteiger charge is 2.39. The molecule has 1 atom stereocenters. The van der Waals surface area contributed by atoms with E-state index in [4.69, 9.17) is 9.72 Å². The first-order valence-electron chi connectivity index (χ1n) is 12.6. The summed E-state index contributed by atoms with van der Waals surface area (Å²) in [6.45, 7) is 11.6. The van der Waals surface area contributed by atoms with Crippen molar-refractivity contribution in [2.75, 3.05) is 18.1 Å². The van der Waals surface area contributed by atoms with Crippen molar-refractivity contribution in [2.24, 2.45) is 11.8 Å². The molecule has 9 nitrogen and oxygen atoms in total. The number of ether oxygens (including phenoxy) is 1. The molecular weight excluding hydrogens is 504 g/mol. The molecule has 38 heavy (non-hydrogen) atoms. The fourth-order valence-corrected chi connectivity index (χ4v) is 5.88. The average Bonchev–Trinajstić information content (AvgIpc) is 3.13. The molecule has 1 aliphatic heterocycles. The van der Waals surface area contributed by atoms with Crippen LogP contribution >= 0.6 is 0 Å². The normalized spacial score (nSPS) is 17.0. The third-order valence-electron chi connectivity index (χ3n) is 6.48. The zero-order valence-electron chi connectivity index (χ0n) is 22.3. The van der Waals surface area contributed by atoms with E-state index in [-0.39, 0.29) is 11.1 Å². The smallest absolute Gasteiger partial charge is 0.269 e. The van der Waals surface area contributed by atoms with Gasteiger partial charge in [0.15, 0.2) is 4.90 Å². The monoisotopic (exact) mass is 538 g/mol. The van der Waals surface area contributed by atoms with Crippen LogP contribution in [0.15, 0.2) is 64.4 Å². The number of para-hydroxylation sites is 1. The molecule has 1 amide bonds. The Morgan fingerprint density at radius 3 is 2.58 bits per heavy atom. The lowest BCUT2D eigenvalue weighted by Gasteiger charge is -2.34. The van der Waals surface area contributed by atoms with E-state index in [1.807, 2.05) is 24.3 Å². The highest BCUT2D eigenvalue weighted by atomic mass is 32.2. The van der Waals surface area contributed by atoms with Gasteiger partial charge in [-0.25, -0.2) is 18.1 Å². The van der Waals surface area contributed by atoms with Crippen molar-refractivity contribution in [3.63, 3.8) is 0 Å². The SMILES string of the molecule is CC(C)COc1ccccc1-c1ccc(C(=O)NS(=O)(=O)c2ccc[nH]c2=O)c(N2C[C@@H](C)CC2(C)C)n1. The quantitative estimate of drug-likeness (QED) is 0.440. The van der Waals surface area contributed by atoms with E-state index in [0.717, 1.165) is 18.1 Å². The first-order valence-corrected chi connectivity index (χ1v) is 14.1. The lowest BCUT2D eigenvalue weighted by Crippen LogP contribution is -2.41. The van der Waals surface area contributed by atoms with Gasteiger partial charge in [-0.3, -0.25) is 9.59 Å². The lowest BCUT2D eigenvalue weighted by atomic mass is 9.97. The molecule has 0 spiro atoms. The number of hydrogen-bond donors (Lipinski definition) is 2.